The molecule has 2 N–H and O–H groups in total. The number of imidazole rings is 1. The molecule has 1 fully saturated rings. The molecule has 7 nitrogen and oxygen atoms in total. The Balaban J connectivity index is 1.50. The molecule has 0 saturated carbocycles. The smallest absolute Gasteiger partial charge is 0.332 e. The van der Waals surface area contributed by atoms with E-state index >= 15 is 0 Å². The molecule has 0 bridgehead atoms. The number of halogens is 2. The van der Waals surface area contributed by atoms with Gasteiger partial charge in [0.2, 0.25) is 0 Å². The van der Waals surface area contributed by atoms with Gasteiger partial charge in [-0.1, -0.05) is 17.7 Å². The maximum absolute atomic E-state index is 14.8. The topological polar surface area (TPSA) is 75.3 Å². The number of phenolic OH excluding ortho intramolecular Hbond substituents is 1. The molecule has 0 atom stereocenters. The highest BCUT2D eigenvalue weighted by Crippen LogP contribution is 2.41. The molecule has 1 aliphatic rings. The van der Waals surface area contributed by atoms with E-state index in [-0.39, 0.29) is 11.4 Å². The Hall–Kier alpha value is -3.62. The molecule has 0 spiro atoms. The summed E-state index contributed by atoms with van der Waals surface area (Å²) in [5, 5.41) is 14.8. The minimum absolute atomic E-state index is 0.0649. The van der Waals surface area contributed by atoms with Crippen molar-refractivity contribution in [2.45, 2.75) is 18.9 Å². The van der Waals surface area contributed by atoms with Gasteiger partial charge >= 0.3 is 5.69 Å². The summed E-state index contributed by atoms with van der Waals surface area (Å²) in [6.07, 6.45) is 8.75. The number of nitrogens with one attached hydrogen (secondary N) is 1. The van der Waals surface area contributed by atoms with Gasteiger partial charge in [-0.3, -0.25) is 9.55 Å². The van der Waals surface area contributed by atoms with E-state index < -0.39 is 5.82 Å². The normalized spacial score (nSPS) is 14.4. The molecule has 0 amide bonds. The molecule has 1 saturated heterocycles. The quantitative estimate of drug-likeness (QED) is 0.413. The van der Waals surface area contributed by atoms with Gasteiger partial charge in [-0.25, -0.2) is 9.18 Å². The third-order valence-electron chi connectivity index (χ3n) is 6.84. The average Bonchev–Trinajstić information content (AvgIpc) is 3.23. The first-order valence-corrected chi connectivity index (χ1v) is 12.2. The summed E-state index contributed by atoms with van der Waals surface area (Å²) in [4.78, 5) is 18.9. The summed E-state index contributed by atoms with van der Waals surface area (Å²) >= 11 is 6.51. The van der Waals surface area contributed by atoms with Crippen LogP contribution in [0.25, 0.3) is 27.9 Å². The SMILES string of the molecule is CNC1CCN(c2cncc(-c3cc(F)cc(-c4ccc(-n5ccn(C)c5=O)c(Cl)c4)c3O)c2)CC1. The zero-order chi connectivity index (χ0) is 25.4. The van der Waals surface area contributed by atoms with Crippen LogP contribution in [0.3, 0.4) is 0 Å². The number of anilines is 1. The van der Waals surface area contributed by atoms with Crippen molar-refractivity contribution >= 4 is 17.3 Å². The molecule has 5 rings (SSSR count). The molecule has 0 aliphatic carbocycles. The lowest BCUT2D eigenvalue weighted by Gasteiger charge is -2.33. The van der Waals surface area contributed by atoms with Crippen LogP contribution in [0.5, 0.6) is 5.75 Å². The third kappa shape index (κ3) is 4.50. The number of piperidine rings is 1. The van der Waals surface area contributed by atoms with Crippen LogP contribution < -0.4 is 15.9 Å². The summed E-state index contributed by atoms with van der Waals surface area (Å²) in [5.74, 6) is -0.553. The lowest BCUT2D eigenvalue weighted by atomic mass is 9.97. The lowest BCUT2D eigenvalue weighted by molar-refractivity contribution is 0.442. The van der Waals surface area contributed by atoms with E-state index in [2.05, 4.69) is 15.2 Å². The number of aromatic hydroxyl groups is 1. The average molecular weight is 508 g/mol. The van der Waals surface area contributed by atoms with Crippen molar-refractivity contribution in [3.8, 4) is 33.7 Å². The summed E-state index contributed by atoms with van der Waals surface area (Å²) in [6, 6.07) is 10.0. The second-order valence-electron chi connectivity index (χ2n) is 9.06. The standard InChI is InChI=1S/C27H27ClFN5O2/c1-30-20-5-7-33(8-6-20)21-11-18(15-31-16-21)23-14-19(29)13-22(26(23)35)17-3-4-25(24(28)12-17)34-10-9-32(2)27(34)36/h3-4,9-16,20,30,35H,5-8H2,1-2H3. The van der Waals surface area contributed by atoms with Gasteiger partial charge in [0.05, 0.1) is 22.6 Å². The summed E-state index contributed by atoms with van der Waals surface area (Å²) in [6.45, 7) is 1.79. The van der Waals surface area contributed by atoms with E-state index in [0.29, 0.717) is 39.0 Å². The number of phenols is 1. The van der Waals surface area contributed by atoms with Gasteiger partial charge in [0.1, 0.15) is 11.6 Å². The number of pyridine rings is 1. The molecule has 1 aliphatic heterocycles. The molecular weight excluding hydrogens is 481 g/mol. The Labute approximate surface area is 213 Å². The second kappa shape index (κ2) is 9.79. The number of hydrogen-bond donors (Lipinski definition) is 2. The molecule has 4 aromatic rings. The largest absolute Gasteiger partial charge is 0.507 e. The number of benzene rings is 2. The molecule has 0 unspecified atom stereocenters. The third-order valence-corrected chi connectivity index (χ3v) is 7.15. The van der Waals surface area contributed by atoms with E-state index in [1.807, 2.05) is 13.1 Å². The lowest BCUT2D eigenvalue weighted by Crippen LogP contribution is -2.41. The van der Waals surface area contributed by atoms with Gasteiger partial charge in [-0.2, -0.15) is 0 Å². The Kier molecular flexibility index (Phi) is 6.55. The summed E-state index contributed by atoms with van der Waals surface area (Å²) in [5.41, 5.74) is 3.02. The fraction of sp³-hybridized carbons (Fsp3) is 0.259. The molecular formula is C27H27ClFN5O2. The zero-order valence-electron chi connectivity index (χ0n) is 20.1. The minimum atomic E-state index is -0.488. The Morgan fingerprint density at radius 1 is 1.06 bits per heavy atom. The van der Waals surface area contributed by atoms with Gasteiger partial charge in [-0.15, -0.1) is 0 Å². The highest BCUT2D eigenvalue weighted by molar-refractivity contribution is 6.32. The van der Waals surface area contributed by atoms with E-state index in [1.54, 1.807) is 50.0 Å². The van der Waals surface area contributed by atoms with E-state index in [1.165, 1.54) is 21.3 Å². The van der Waals surface area contributed by atoms with Crippen LogP contribution in [0.4, 0.5) is 10.1 Å². The van der Waals surface area contributed by atoms with Crippen molar-refractivity contribution in [2.75, 3.05) is 25.0 Å². The number of nitrogens with zero attached hydrogens (tertiary/aromatic N) is 4. The highest BCUT2D eigenvalue weighted by Gasteiger charge is 2.20. The Morgan fingerprint density at radius 2 is 1.78 bits per heavy atom. The van der Waals surface area contributed by atoms with Crippen molar-refractivity contribution in [1.82, 2.24) is 19.4 Å². The van der Waals surface area contributed by atoms with Crippen molar-refractivity contribution in [2.24, 2.45) is 7.05 Å². The van der Waals surface area contributed by atoms with Crippen molar-refractivity contribution in [3.63, 3.8) is 0 Å². The molecule has 186 valence electrons. The predicted molar refractivity (Wildman–Crippen MR) is 141 cm³/mol. The first-order chi connectivity index (χ1) is 17.4. The summed E-state index contributed by atoms with van der Waals surface area (Å²) in [7, 11) is 3.64. The summed E-state index contributed by atoms with van der Waals surface area (Å²) < 4.78 is 17.7. The molecule has 3 heterocycles. The molecule has 36 heavy (non-hydrogen) atoms. The molecule has 0 radical (unpaired) electrons. The number of hydrogen-bond acceptors (Lipinski definition) is 5. The van der Waals surface area contributed by atoms with Crippen molar-refractivity contribution in [3.05, 3.63) is 82.5 Å². The van der Waals surface area contributed by atoms with Gasteiger partial charge in [0.25, 0.3) is 0 Å². The van der Waals surface area contributed by atoms with Crippen LogP contribution in [-0.2, 0) is 7.05 Å². The minimum Gasteiger partial charge on any atom is -0.507 e. The van der Waals surface area contributed by atoms with Crippen molar-refractivity contribution < 1.29 is 9.50 Å². The van der Waals surface area contributed by atoms with E-state index in [0.717, 1.165) is 31.6 Å². The fourth-order valence-corrected chi connectivity index (χ4v) is 5.00. The Morgan fingerprint density at radius 3 is 2.42 bits per heavy atom. The molecule has 9 heteroatoms. The molecule has 2 aromatic heterocycles. The van der Waals surface area contributed by atoms with E-state index in [9.17, 15) is 14.3 Å². The van der Waals surface area contributed by atoms with Crippen LogP contribution in [0.2, 0.25) is 5.02 Å². The van der Waals surface area contributed by atoms with Crippen molar-refractivity contribution in [1.29, 1.82) is 0 Å². The first-order valence-electron chi connectivity index (χ1n) is 11.8. The number of aryl methyl sites for hydroxylation is 1. The van der Waals surface area contributed by atoms with Crippen LogP contribution >= 0.6 is 11.6 Å². The van der Waals surface area contributed by atoms with Gasteiger partial charge in [0, 0.05) is 61.5 Å². The fourth-order valence-electron chi connectivity index (χ4n) is 4.73. The van der Waals surface area contributed by atoms with Crippen LogP contribution in [-0.4, -0.2) is 45.4 Å². The monoisotopic (exact) mass is 507 g/mol. The zero-order valence-corrected chi connectivity index (χ0v) is 20.8. The number of rotatable bonds is 5. The van der Waals surface area contributed by atoms with Crippen LogP contribution in [0.1, 0.15) is 12.8 Å². The van der Waals surface area contributed by atoms with E-state index in [4.69, 9.17) is 11.6 Å². The van der Waals surface area contributed by atoms with Gasteiger partial charge in [0.15, 0.2) is 0 Å². The van der Waals surface area contributed by atoms with Crippen LogP contribution in [0, 0.1) is 5.82 Å². The second-order valence-corrected chi connectivity index (χ2v) is 9.47. The van der Waals surface area contributed by atoms with Crippen LogP contribution in [0.15, 0.2) is 66.0 Å². The maximum Gasteiger partial charge on any atom is 0.332 e. The predicted octanol–water partition coefficient (Wildman–Crippen LogP) is 4.59. The maximum atomic E-state index is 14.8. The van der Waals surface area contributed by atoms with Gasteiger partial charge < -0.3 is 19.9 Å². The number of aromatic nitrogens is 3. The highest BCUT2D eigenvalue weighted by atomic mass is 35.5. The molecule has 2 aromatic carbocycles. The Bertz CT molecular complexity index is 1470. The first kappa shape index (κ1) is 24.1. The van der Waals surface area contributed by atoms with Gasteiger partial charge in [-0.05, 0) is 55.8 Å².